The molecule has 90 valence electrons. The summed E-state index contributed by atoms with van der Waals surface area (Å²) in [5, 5.41) is 1.08. The summed E-state index contributed by atoms with van der Waals surface area (Å²) in [6.07, 6.45) is -4.76. The third-order valence-corrected chi connectivity index (χ3v) is 11.4. The molecule has 1 atom stereocenters. The minimum atomic E-state index is -4.06. The molecule has 0 aliphatic rings. The third-order valence-electron chi connectivity index (χ3n) is 2.71. The highest BCUT2D eigenvalue weighted by Crippen LogP contribution is 2.30. The molecule has 0 aliphatic heterocycles. The monoisotopic (exact) mass is 358 g/mol. The number of hydrogen-bond donors (Lipinski definition) is 0. The van der Waals surface area contributed by atoms with Crippen molar-refractivity contribution in [1.82, 2.24) is 0 Å². The molecule has 0 heterocycles. The Labute approximate surface area is 108 Å². The Bertz CT molecular complexity index is 335. The van der Waals surface area contributed by atoms with Crippen LogP contribution in [0.4, 0.5) is 13.2 Å². The minimum absolute atomic E-state index is 0.326. The second kappa shape index (κ2) is 5.08. The lowest BCUT2D eigenvalue weighted by molar-refractivity contribution is -0.131. The molecule has 16 heavy (non-hydrogen) atoms. The molecule has 0 N–H and O–H groups in total. The lowest BCUT2D eigenvalue weighted by atomic mass is 10.4. The van der Waals surface area contributed by atoms with Crippen molar-refractivity contribution >= 4 is 35.9 Å². The largest absolute Gasteiger partial charge is 0.389 e. The summed E-state index contributed by atoms with van der Waals surface area (Å²) in [7, 11) is -2.03. The van der Waals surface area contributed by atoms with Gasteiger partial charge in [-0.2, -0.15) is 13.2 Å². The van der Waals surface area contributed by atoms with Crippen LogP contribution in [0.25, 0.3) is 0 Å². The molecule has 0 spiro atoms. The summed E-state index contributed by atoms with van der Waals surface area (Å²) in [5.74, 6) is 0. The van der Waals surface area contributed by atoms with Crippen LogP contribution >= 0.6 is 22.6 Å². The zero-order chi connectivity index (χ0) is 12.4. The molecule has 1 rings (SSSR count). The molecular weight excluding hydrogens is 344 g/mol. The molecule has 1 unspecified atom stereocenters. The average Bonchev–Trinajstić information content (AvgIpc) is 2.16. The van der Waals surface area contributed by atoms with E-state index in [0.29, 0.717) is 0 Å². The van der Waals surface area contributed by atoms with Crippen LogP contribution in [0.3, 0.4) is 0 Å². The van der Waals surface area contributed by atoms with Crippen molar-refractivity contribution in [2.45, 2.75) is 29.2 Å². The van der Waals surface area contributed by atoms with Gasteiger partial charge in [0.05, 0.1) is 14.5 Å². The Hall–Kier alpha value is -0.0431. The molecule has 0 nitrogen and oxygen atoms in total. The Morgan fingerprint density at radius 2 is 1.69 bits per heavy atom. The first-order valence-electron chi connectivity index (χ1n) is 5.00. The lowest BCUT2D eigenvalue weighted by Gasteiger charge is -2.29. The third kappa shape index (κ3) is 3.76. The van der Waals surface area contributed by atoms with Gasteiger partial charge in [-0.05, 0) is 0 Å². The highest BCUT2D eigenvalue weighted by atomic mass is 127. The van der Waals surface area contributed by atoms with Crippen molar-refractivity contribution in [3.63, 3.8) is 0 Å². The summed E-state index contributed by atoms with van der Waals surface area (Å²) in [5.41, 5.74) is 0. The van der Waals surface area contributed by atoms with Gasteiger partial charge in [0, 0.05) is 3.55 Å². The van der Waals surface area contributed by atoms with Crippen molar-refractivity contribution < 1.29 is 13.2 Å². The molecule has 0 radical (unpaired) electrons. The minimum Gasteiger partial charge on any atom is -0.171 e. The van der Waals surface area contributed by atoms with E-state index in [2.05, 4.69) is 0 Å². The van der Waals surface area contributed by atoms with E-state index < -0.39 is 20.7 Å². The quantitative estimate of drug-likeness (QED) is 0.437. The first-order valence-corrected chi connectivity index (χ1v) is 9.32. The van der Waals surface area contributed by atoms with E-state index in [1.807, 2.05) is 66.0 Å². The summed E-state index contributed by atoms with van der Waals surface area (Å²) < 4.78 is 36.8. The van der Waals surface area contributed by atoms with Crippen molar-refractivity contribution in [2.75, 3.05) is 0 Å². The Morgan fingerprint density at radius 1 is 1.19 bits per heavy atom. The summed E-state index contributed by atoms with van der Waals surface area (Å²) >= 11 is 1.95. The highest BCUT2D eigenvalue weighted by molar-refractivity contribution is 14.1. The van der Waals surface area contributed by atoms with Crippen LogP contribution in [-0.4, -0.2) is 17.8 Å². The molecule has 0 bridgehead atoms. The van der Waals surface area contributed by atoms with E-state index in [1.54, 1.807) is 0 Å². The van der Waals surface area contributed by atoms with E-state index in [1.165, 1.54) is 0 Å². The SMILES string of the molecule is C[Si](C)(c1ccccc1)C(I)CC(F)(F)F. The standard InChI is InChI=1S/C11H14F3ISi/c1-16(2,9-6-4-3-5-7-9)10(15)8-11(12,13)14/h3-7,10H,8H2,1-2H3. The number of alkyl halides is 4. The molecular formula is C11H14F3ISi. The molecule has 1 aromatic rings. The predicted octanol–water partition coefficient (Wildman–Crippen LogP) is 3.90. The summed E-state index contributed by atoms with van der Waals surface area (Å²) in [6.45, 7) is 3.98. The van der Waals surface area contributed by atoms with E-state index in [4.69, 9.17) is 0 Å². The molecule has 0 aliphatic carbocycles. The van der Waals surface area contributed by atoms with Gasteiger partial charge in [-0.25, -0.2) is 0 Å². The van der Waals surface area contributed by atoms with Crippen LogP contribution in [0.15, 0.2) is 30.3 Å². The van der Waals surface area contributed by atoms with Gasteiger partial charge in [0.1, 0.15) is 0 Å². The second-order valence-electron chi connectivity index (χ2n) is 4.37. The van der Waals surface area contributed by atoms with E-state index in [9.17, 15) is 13.2 Å². The Kier molecular flexibility index (Phi) is 4.45. The highest BCUT2D eigenvalue weighted by Gasteiger charge is 2.40. The summed E-state index contributed by atoms with van der Waals surface area (Å²) in [4.78, 5) is 0. The normalized spacial score (nSPS) is 14.9. The molecule has 0 saturated carbocycles. The maximum absolute atomic E-state index is 12.4. The van der Waals surface area contributed by atoms with Gasteiger partial charge in [-0.1, -0.05) is 71.2 Å². The lowest BCUT2D eigenvalue weighted by Crippen LogP contribution is -2.51. The topological polar surface area (TPSA) is 0 Å². The van der Waals surface area contributed by atoms with Crippen molar-refractivity contribution in [2.24, 2.45) is 0 Å². The average molecular weight is 358 g/mol. The molecule has 0 fully saturated rings. The van der Waals surface area contributed by atoms with Crippen molar-refractivity contribution in [3.8, 4) is 0 Å². The zero-order valence-electron chi connectivity index (χ0n) is 9.18. The van der Waals surface area contributed by atoms with Crippen LogP contribution in [0.2, 0.25) is 13.1 Å². The Morgan fingerprint density at radius 3 is 2.12 bits per heavy atom. The van der Waals surface area contributed by atoms with Crippen LogP contribution in [0, 0.1) is 0 Å². The smallest absolute Gasteiger partial charge is 0.171 e. The number of hydrogen-bond acceptors (Lipinski definition) is 0. The number of halogens is 4. The van der Waals surface area contributed by atoms with E-state index in [0.717, 1.165) is 5.19 Å². The Balaban J connectivity index is 2.86. The maximum Gasteiger partial charge on any atom is 0.389 e. The van der Waals surface area contributed by atoms with Gasteiger partial charge in [-0.3, -0.25) is 0 Å². The van der Waals surface area contributed by atoms with Crippen LogP contribution in [-0.2, 0) is 0 Å². The first-order chi connectivity index (χ1) is 7.23. The zero-order valence-corrected chi connectivity index (χ0v) is 12.3. The first kappa shape index (κ1) is 14.0. The molecule has 0 saturated heterocycles. The van der Waals surface area contributed by atoms with Gasteiger partial charge in [0.25, 0.3) is 0 Å². The summed E-state index contributed by atoms with van der Waals surface area (Å²) in [6, 6.07) is 9.55. The van der Waals surface area contributed by atoms with Gasteiger partial charge < -0.3 is 0 Å². The molecule has 1 aromatic carbocycles. The van der Waals surface area contributed by atoms with Crippen LogP contribution in [0.5, 0.6) is 0 Å². The van der Waals surface area contributed by atoms with Crippen LogP contribution in [0.1, 0.15) is 6.42 Å². The van der Waals surface area contributed by atoms with Gasteiger partial charge in [0.15, 0.2) is 0 Å². The van der Waals surface area contributed by atoms with Gasteiger partial charge in [-0.15, -0.1) is 0 Å². The number of rotatable bonds is 3. The maximum atomic E-state index is 12.4. The van der Waals surface area contributed by atoms with Crippen LogP contribution < -0.4 is 5.19 Å². The molecule has 0 amide bonds. The van der Waals surface area contributed by atoms with Crippen molar-refractivity contribution in [1.29, 1.82) is 0 Å². The fourth-order valence-corrected chi connectivity index (χ4v) is 5.24. The fourth-order valence-electron chi connectivity index (χ4n) is 1.51. The van der Waals surface area contributed by atoms with E-state index >= 15 is 0 Å². The van der Waals surface area contributed by atoms with E-state index in [-0.39, 0.29) is 3.55 Å². The van der Waals surface area contributed by atoms with Crippen molar-refractivity contribution in [3.05, 3.63) is 30.3 Å². The van der Waals surface area contributed by atoms with Gasteiger partial charge in [0.2, 0.25) is 0 Å². The fraction of sp³-hybridized carbons (Fsp3) is 0.455. The molecule has 5 heteroatoms. The van der Waals surface area contributed by atoms with Gasteiger partial charge >= 0.3 is 6.18 Å². The molecule has 0 aromatic heterocycles. The number of benzene rings is 1. The predicted molar refractivity (Wildman–Crippen MR) is 72.0 cm³/mol. The second-order valence-corrected chi connectivity index (χ2v) is 11.8.